The number of pyridine rings is 1. The van der Waals surface area contributed by atoms with Crippen molar-refractivity contribution in [2.45, 2.75) is 17.7 Å². The van der Waals surface area contributed by atoms with Crippen molar-refractivity contribution in [3.63, 3.8) is 0 Å². The topological polar surface area (TPSA) is 70.3 Å². The first-order chi connectivity index (χ1) is 13.7. The average Bonchev–Trinajstić information content (AvgIpc) is 3.16. The number of rotatable bonds is 6. The smallest absolute Gasteiger partial charge is 0.226 e. The van der Waals surface area contributed by atoms with Crippen LogP contribution in [0.5, 0.6) is 11.5 Å². The molecule has 2 aromatic heterocycles. The second-order valence-electron chi connectivity index (χ2n) is 6.10. The second kappa shape index (κ2) is 7.90. The number of benzene rings is 2. The van der Waals surface area contributed by atoms with Gasteiger partial charge in [-0.1, -0.05) is 42.1 Å². The molecule has 0 saturated carbocycles. The van der Waals surface area contributed by atoms with Crippen LogP contribution in [0, 0.1) is 6.92 Å². The molecule has 142 valence electrons. The van der Waals surface area contributed by atoms with E-state index in [1.807, 2.05) is 30.3 Å². The highest BCUT2D eigenvalue weighted by molar-refractivity contribution is 7.98. The molecular weight excluding hydrogens is 374 g/mol. The maximum absolute atomic E-state index is 5.64. The number of nitrogens with zero attached hydrogens (tertiary/aromatic N) is 3. The van der Waals surface area contributed by atoms with E-state index in [4.69, 9.17) is 18.9 Å². The van der Waals surface area contributed by atoms with Crippen molar-refractivity contribution in [1.82, 2.24) is 15.2 Å². The molecule has 0 amide bonds. The number of aromatic nitrogens is 3. The summed E-state index contributed by atoms with van der Waals surface area (Å²) in [5.74, 6) is 3.11. The zero-order valence-electron chi connectivity index (χ0n) is 15.8. The lowest BCUT2D eigenvalue weighted by atomic mass is 10.0. The van der Waals surface area contributed by atoms with Crippen LogP contribution in [0.15, 0.2) is 58.0 Å². The zero-order valence-corrected chi connectivity index (χ0v) is 16.6. The lowest BCUT2D eigenvalue weighted by Gasteiger charge is -2.14. The fourth-order valence-electron chi connectivity index (χ4n) is 3.01. The van der Waals surface area contributed by atoms with Crippen LogP contribution in [0.4, 0.5) is 0 Å². The molecule has 0 aliphatic heterocycles. The van der Waals surface area contributed by atoms with Crippen molar-refractivity contribution in [2.75, 3.05) is 14.2 Å². The van der Waals surface area contributed by atoms with Crippen molar-refractivity contribution in [3.8, 4) is 22.6 Å². The van der Waals surface area contributed by atoms with Crippen molar-refractivity contribution in [3.05, 3.63) is 60.3 Å². The van der Waals surface area contributed by atoms with Crippen LogP contribution < -0.4 is 9.47 Å². The van der Waals surface area contributed by atoms with Gasteiger partial charge in [-0.3, -0.25) is 0 Å². The first-order valence-electron chi connectivity index (χ1n) is 8.72. The molecule has 28 heavy (non-hydrogen) atoms. The molecule has 4 rings (SSSR count). The van der Waals surface area contributed by atoms with Gasteiger partial charge in [-0.2, -0.15) is 0 Å². The van der Waals surface area contributed by atoms with E-state index in [9.17, 15) is 0 Å². The Morgan fingerprint density at radius 2 is 1.82 bits per heavy atom. The van der Waals surface area contributed by atoms with Gasteiger partial charge < -0.3 is 13.9 Å². The summed E-state index contributed by atoms with van der Waals surface area (Å²) in [7, 11) is 3.29. The van der Waals surface area contributed by atoms with Gasteiger partial charge in [0.1, 0.15) is 11.5 Å². The predicted molar refractivity (Wildman–Crippen MR) is 109 cm³/mol. The van der Waals surface area contributed by atoms with Crippen LogP contribution in [0.3, 0.4) is 0 Å². The minimum Gasteiger partial charge on any atom is -0.497 e. The Labute approximate surface area is 166 Å². The van der Waals surface area contributed by atoms with Gasteiger partial charge in [0, 0.05) is 19.1 Å². The molecule has 2 heterocycles. The fourth-order valence-corrected chi connectivity index (χ4v) is 3.76. The summed E-state index contributed by atoms with van der Waals surface area (Å²) in [6, 6.07) is 16.1. The van der Waals surface area contributed by atoms with Crippen molar-refractivity contribution >= 4 is 22.7 Å². The van der Waals surface area contributed by atoms with Gasteiger partial charge in [-0.15, -0.1) is 10.2 Å². The van der Waals surface area contributed by atoms with E-state index in [0.717, 1.165) is 32.8 Å². The van der Waals surface area contributed by atoms with Crippen molar-refractivity contribution in [2.24, 2.45) is 0 Å². The van der Waals surface area contributed by atoms with E-state index in [1.54, 1.807) is 32.9 Å². The summed E-state index contributed by atoms with van der Waals surface area (Å²) in [6.45, 7) is 1.78. The molecule has 0 fully saturated rings. The van der Waals surface area contributed by atoms with Crippen molar-refractivity contribution < 1.29 is 13.9 Å². The van der Waals surface area contributed by atoms with Crippen molar-refractivity contribution in [1.29, 1.82) is 0 Å². The molecule has 0 aliphatic rings. The van der Waals surface area contributed by atoms with Gasteiger partial charge in [0.05, 0.1) is 35.9 Å². The van der Waals surface area contributed by atoms with Crippen LogP contribution in [0.25, 0.3) is 22.0 Å². The molecular formula is C21H19N3O3S. The lowest BCUT2D eigenvalue weighted by Crippen LogP contribution is -1.95. The number of fused-ring (bicyclic) bond motifs is 1. The maximum atomic E-state index is 5.64. The lowest BCUT2D eigenvalue weighted by molar-refractivity contribution is 0.398. The molecule has 2 aromatic carbocycles. The second-order valence-corrected chi connectivity index (χ2v) is 7.10. The predicted octanol–water partition coefficient (Wildman–Crippen LogP) is 4.90. The first kappa shape index (κ1) is 18.3. The molecule has 0 bridgehead atoms. The summed E-state index contributed by atoms with van der Waals surface area (Å²) in [5.41, 5.74) is 2.95. The number of aryl methyl sites for hydroxylation is 1. The molecule has 0 N–H and O–H groups in total. The Kier molecular flexibility index (Phi) is 5.16. The summed E-state index contributed by atoms with van der Waals surface area (Å²) in [5, 5.41) is 9.74. The molecule has 4 aromatic rings. The summed E-state index contributed by atoms with van der Waals surface area (Å²) >= 11 is 1.55. The van der Waals surface area contributed by atoms with E-state index < -0.39 is 0 Å². The summed E-state index contributed by atoms with van der Waals surface area (Å²) < 4.78 is 16.5. The van der Waals surface area contributed by atoms with Crippen LogP contribution in [-0.4, -0.2) is 29.4 Å². The highest BCUT2D eigenvalue weighted by Gasteiger charge is 2.15. The highest BCUT2D eigenvalue weighted by Crippen LogP contribution is 2.39. The molecule has 0 aliphatic carbocycles. The van der Waals surface area contributed by atoms with Crippen LogP contribution >= 0.6 is 11.8 Å². The van der Waals surface area contributed by atoms with E-state index >= 15 is 0 Å². The number of ether oxygens (including phenoxy) is 2. The Morgan fingerprint density at radius 1 is 1.00 bits per heavy atom. The van der Waals surface area contributed by atoms with E-state index in [-0.39, 0.29) is 0 Å². The quantitative estimate of drug-likeness (QED) is 0.431. The fraction of sp³-hybridized carbons (Fsp3) is 0.190. The summed E-state index contributed by atoms with van der Waals surface area (Å²) in [6.07, 6.45) is 0. The molecule has 0 unspecified atom stereocenters. The summed E-state index contributed by atoms with van der Waals surface area (Å²) in [4.78, 5) is 4.81. The van der Waals surface area contributed by atoms with Crippen LogP contribution in [0.2, 0.25) is 0 Å². The van der Waals surface area contributed by atoms with E-state index in [2.05, 4.69) is 28.4 Å². The monoisotopic (exact) mass is 393 g/mol. The number of methoxy groups -OCH3 is 2. The minimum atomic E-state index is 0.550. The van der Waals surface area contributed by atoms with Crippen LogP contribution in [0.1, 0.15) is 11.8 Å². The number of hydrogen-bond donors (Lipinski definition) is 0. The Hall–Kier alpha value is -3.06. The van der Waals surface area contributed by atoms with E-state index in [1.165, 1.54) is 0 Å². The molecule has 0 radical (unpaired) electrons. The van der Waals surface area contributed by atoms with Crippen LogP contribution in [-0.2, 0) is 5.75 Å². The largest absolute Gasteiger partial charge is 0.497 e. The Balaban J connectivity index is 1.84. The van der Waals surface area contributed by atoms with Gasteiger partial charge in [-0.25, -0.2) is 4.98 Å². The van der Waals surface area contributed by atoms with E-state index in [0.29, 0.717) is 23.3 Å². The Morgan fingerprint density at radius 3 is 2.50 bits per heavy atom. The SMILES string of the molecule is COc1cc(OC)c2c(-c3ccccc3)cc(SCc3nnc(C)o3)nc2c1. The normalized spacial score (nSPS) is 11.0. The molecule has 6 nitrogen and oxygen atoms in total. The van der Waals surface area contributed by atoms with Gasteiger partial charge in [-0.05, 0) is 17.2 Å². The van der Waals surface area contributed by atoms with Gasteiger partial charge >= 0.3 is 0 Å². The minimum absolute atomic E-state index is 0.550. The average molecular weight is 393 g/mol. The third-order valence-corrected chi connectivity index (χ3v) is 5.17. The first-order valence-corrected chi connectivity index (χ1v) is 9.70. The number of thioether (sulfide) groups is 1. The maximum Gasteiger partial charge on any atom is 0.226 e. The molecule has 7 heteroatoms. The molecule has 0 saturated heterocycles. The number of hydrogen-bond acceptors (Lipinski definition) is 7. The standard InChI is InChI=1S/C21H19N3O3S/c1-13-23-24-19(27-13)12-28-20-11-16(14-7-5-4-6-8-14)21-17(22-20)9-15(25-2)10-18(21)26-3/h4-11H,12H2,1-3H3. The molecule has 0 spiro atoms. The van der Waals surface area contributed by atoms with Gasteiger partial charge in [0.25, 0.3) is 0 Å². The molecule has 0 atom stereocenters. The van der Waals surface area contributed by atoms with Gasteiger partial charge in [0.15, 0.2) is 0 Å². The highest BCUT2D eigenvalue weighted by atomic mass is 32.2. The third-order valence-electron chi connectivity index (χ3n) is 4.27. The van der Waals surface area contributed by atoms with Gasteiger partial charge in [0.2, 0.25) is 11.8 Å². The zero-order chi connectivity index (χ0) is 19.5. The Bertz CT molecular complexity index is 1110. The third kappa shape index (κ3) is 3.66.